The molecule has 3 nitrogen and oxygen atoms in total. The van der Waals surface area contributed by atoms with E-state index in [0.29, 0.717) is 0 Å². The van der Waals surface area contributed by atoms with Gasteiger partial charge >= 0.3 is 0 Å². The minimum absolute atomic E-state index is 0.758. The third kappa shape index (κ3) is 2.50. The molecule has 0 bridgehead atoms. The first-order valence-corrected chi connectivity index (χ1v) is 6.89. The molecule has 2 atom stereocenters. The number of hydrogen-bond acceptors (Lipinski definition) is 3. The summed E-state index contributed by atoms with van der Waals surface area (Å²) in [5, 5.41) is 3.51. The van der Waals surface area contributed by atoms with Crippen LogP contribution < -0.4 is 5.32 Å². The van der Waals surface area contributed by atoms with Crippen molar-refractivity contribution in [3.63, 3.8) is 0 Å². The molecular weight excluding hydrogens is 222 g/mol. The molecule has 0 radical (unpaired) electrons. The number of nitrogens with one attached hydrogen (secondary N) is 1. The summed E-state index contributed by atoms with van der Waals surface area (Å²) in [5.74, 6) is 2.62. The van der Waals surface area contributed by atoms with E-state index in [1.54, 1.807) is 0 Å². The minimum atomic E-state index is 0.758. The van der Waals surface area contributed by atoms with Gasteiger partial charge in [0.1, 0.15) is 0 Å². The molecule has 0 spiro atoms. The predicted molar refractivity (Wildman–Crippen MR) is 74.8 cm³/mol. The largest absolute Gasteiger partial charge is 0.356 e. The molecule has 0 amide bonds. The first-order chi connectivity index (χ1) is 8.84. The van der Waals surface area contributed by atoms with Crippen LogP contribution in [0.15, 0.2) is 35.3 Å². The Balaban J connectivity index is 1.50. The van der Waals surface area contributed by atoms with E-state index in [4.69, 9.17) is 0 Å². The van der Waals surface area contributed by atoms with Crippen LogP contribution >= 0.6 is 0 Å². The highest BCUT2D eigenvalue weighted by Crippen LogP contribution is 2.46. The Labute approximate surface area is 109 Å². The van der Waals surface area contributed by atoms with Gasteiger partial charge in [-0.3, -0.25) is 4.99 Å². The summed E-state index contributed by atoms with van der Waals surface area (Å²) in [5.41, 5.74) is 1.49. The van der Waals surface area contributed by atoms with Crippen LogP contribution in [0.5, 0.6) is 0 Å². The molecule has 1 aromatic carbocycles. The topological polar surface area (TPSA) is 27.6 Å². The molecule has 1 aliphatic heterocycles. The van der Waals surface area contributed by atoms with Gasteiger partial charge in [-0.05, 0) is 30.2 Å². The number of nitrogens with zero attached hydrogens (tertiary/aromatic N) is 2. The molecule has 1 fully saturated rings. The average Bonchev–Trinajstić information content (AvgIpc) is 3.18. The van der Waals surface area contributed by atoms with Crippen molar-refractivity contribution in [1.29, 1.82) is 0 Å². The molecule has 3 heteroatoms. The molecule has 1 saturated carbocycles. The van der Waals surface area contributed by atoms with Crippen molar-refractivity contribution >= 4 is 5.96 Å². The van der Waals surface area contributed by atoms with Crippen molar-refractivity contribution in [2.45, 2.75) is 18.8 Å². The van der Waals surface area contributed by atoms with E-state index in [9.17, 15) is 0 Å². The van der Waals surface area contributed by atoms with Crippen LogP contribution in [0, 0.1) is 5.92 Å². The van der Waals surface area contributed by atoms with Gasteiger partial charge in [-0.2, -0.15) is 0 Å². The van der Waals surface area contributed by atoms with Crippen molar-refractivity contribution in [1.82, 2.24) is 10.2 Å². The van der Waals surface area contributed by atoms with Crippen LogP contribution in [0.4, 0.5) is 0 Å². The summed E-state index contributed by atoms with van der Waals surface area (Å²) in [4.78, 5) is 6.77. The summed E-state index contributed by atoms with van der Waals surface area (Å²) in [6.07, 6.45) is 2.49. The van der Waals surface area contributed by atoms with Crippen molar-refractivity contribution in [3.8, 4) is 0 Å². The first-order valence-electron chi connectivity index (χ1n) is 6.89. The minimum Gasteiger partial charge on any atom is -0.356 e. The summed E-state index contributed by atoms with van der Waals surface area (Å²) >= 11 is 0. The lowest BCUT2D eigenvalue weighted by atomic mass is 10.1. The fraction of sp³-hybridized carbons (Fsp3) is 0.533. The summed E-state index contributed by atoms with van der Waals surface area (Å²) in [6.45, 7) is 3.15. The second-order valence-electron chi connectivity index (χ2n) is 5.37. The highest BCUT2D eigenvalue weighted by atomic mass is 15.3. The monoisotopic (exact) mass is 243 g/mol. The Morgan fingerprint density at radius 2 is 2.17 bits per heavy atom. The zero-order valence-corrected chi connectivity index (χ0v) is 11.0. The van der Waals surface area contributed by atoms with E-state index in [1.807, 2.05) is 0 Å². The second kappa shape index (κ2) is 5.01. The predicted octanol–water partition coefficient (Wildman–Crippen LogP) is 2.07. The number of hydrogen-bond donors (Lipinski definition) is 1. The normalized spacial score (nSPS) is 26.7. The highest BCUT2D eigenvalue weighted by Gasteiger charge is 2.38. The van der Waals surface area contributed by atoms with Gasteiger partial charge in [-0.15, -0.1) is 0 Å². The molecule has 1 aromatic rings. The lowest BCUT2D eigenvalue weighted by molar-refractivity contribution is 0.444. The van der Waals surface area contributed by atoms with E-state index in [1.165, 1.54) is 18.4 Å². The molecule has 2 aliphatic rings. The maximum Gasteiger partial charge on any atom is 0.193 e. The summed E-state index contributed by atoms with van der Waals surface area (Å²) in [7, 11) is 2.12. The SMILES string of the molecule is CN1CCCN=C1NC[C@@H]1C[C@H]1c1ccccc1. The second-order valence-corrected chi connectivity index (χ2v) is 5.37. The third-order valence-corrected chi connectivity index (χ3v) is 3.95. The molecule has 1 heterocycles. The molecule has 0 saturated heterocycles. The van der Waals surface area contributed by atoms with Gasteiger partial charge in [-0.1, -0.05) is 30.3 Å². The van der Waals surface area contributed by atoms with E-state index < -0.39 is 0 Å². The smallest absolute Gasteiger partial charge is 0.193 e. The first kappa shape index (κ1) is 11.6. The van der Waals surface area contributed by atoms with Crippen LogP contribution in [0.2, 0.25) is 0 Å². The molecule has 18 heavy (non-hydrogen) atoms. The summed E-state index contributed by atoms with van der Waals surface area (Å²) < 4.78 is 0. The molecule has 96 valence electrons. The van der Waals surface area contributed by atoms with Crippen LogP contribution in [0.1, 0.15) is 24.3 Å². The molecular formula is C15H21N3. The van der Waals surface area contributed by atoms with E-state index >= 15 is 0 Å². The Bertz CT molecular complexity index is 427. The quantitative estimate of drug-likeness (QED) is 0.880. The maximum absolute atomic E-state index is 4.54. The third-order valence-electron chi connectivity index (χ3n) is 3.95. The Hall–Kier alpha value is -1.51. The summed E-state index contributed by atoms with van der Waals surface area (Å²) in [6, 6.07) is 10.9. The zero-order chi connectivity index (χ0) is 12.4. The van der Waals surface area contributed by atoms with Gasteiger partial charge in [0.15, 0.2) is 5.96 Å². The number of rotatable bonds is 3. The fourth-order valence-electron chi connectivity index (χ4n) is 2.71. The Morgan fingerprint density at radius 3 is 2.94 bits per heavy atom. The van der Waals surface area contributed by atoms with Crippen molar-refractivity contribution in [2.75, 3.05) is 26.7 Å². The van der Waals surface area contributed by atoms with Gasteiger partial charge in [-0.25, -0.2) is 0 Å². The molecule has 0 aromatic heterocycles. The van der Waals surface area contributed by atoms with E-state index in [2.05, 4.69) is 52.6 Å². The average molecular weight is 243 g/mol. The van der Waals surface area contributed by atoms with Crippen LogP contribution in [0.3, 0.4) is 0 Å². The Kier molecular flexibility index (Phi) is 3.22. The van der Waals surface area contributed by atoms with Gasteiger partial charge in [0.05, 0.1) is 0 Å². The standard InChI is InChI=1S/C15H21N3/c1-18-9-5-8-16-15(18)17-11-13-10-14(13)12-6-3-2-4-7-12/h2-4,6-7,13-14H,5,8-11H2,1H3,(H,16,17)/t13-,14-/m0/s1. The molecule has 3 rings (SSSR count). The highest BCUT2D eigenvalue weighted by molar-refractivity contribution is 5.80. The molecule has 0 unspecified atom stereocenters. The fourth-order valence-corrected chi connectivity index (χ4v) is 2.71. The van der Waals surface area contributed by atoms with Gasteiger partial charge in [0.2, 0.25) is 0 Å². The lowest BCUT2D eigenvalue weighted by Gasteiger charge is -2.25. The lowest BCUT2D eigenvalue weighted by Crippen LogP contribution is -2.42. The van der Waals surface area contributed by atoms with E-state index in [-0.39, 0.29) is 0 Å². The van der Waals surface area contributed by atoms with Crippen LogP contribution in [-0.4, -0.2) is 37.5 Å². The van der Waals surface area contributed by atoms with Crippen LogP contribution in [-0.2, 0) is 0 Å². The van der Waals surface area contributed by atoms with Crippen molar-refractivity contribution in [3.05, 3.63) is 35.9 Å². The number of guanidine groups is 1. The molecule has 1 N–H and O–H groups in total. The van der Waals surface area contributed by atoms with Gasteiger partial charge < -0.3 is 10.2 Å². The van der Waals surface area contributed by atoms with E-state index in [0.717, 1.165) is 37.4 Å². The molecule has 1 aliphatic carbocycles. The maximum atomic E-state index is 4.54. The van der Waals surface area contributed by atoms with Crippen LogP contribution in [0.25, 0.3) is 0 Å². The number of aliphatic imine (C=N–C) groups is 1. The van der Waals surface area contributed by atoms with Gasteiger partial charge in [0, 0.05) is 26.7 Å². The van der Waals surface area contributed by atoms with Gasteiger partial charge in [0.25, 0.3) is 0 Å². The van der Waals surface area contributed by atoms with Crippen molar-refractivity contribution < 1.29 is 0 Å². The zero-order valence-electron chi connectivity index (χ0n) is 11.0. The Morgan fingerprint density at radius 1 is 1.33 bits per heavy atom. The number of benzene rings is 1. The van der Waals surface area contributed by atoms with Crippen molar-refractivity contribution in [2.24, 2.45) is 10.9 Å².